The molecule has 0 aromatic heterocycles. The Hall–Kier alpha value is -2.14. The number of nitrogens with one attached hydrogen (secondary N) is 1. The Balaban J connectivity index is 1.73. The SMILES string of the molecule is COc1ccc(CN/C=C2\CN=Cc3ccc(Br)cc32)cc1F. The van der Waals surface area contributed by atoms with Crippen molar-refractivity contribution in [2.24, 2.45) is 4.99 Å². The summed E-state index contributed by atoms with van der Waals surface area (Å²) in [5.41, 5.74) is 4.22. The molecule has 3 nitrogen and oxygen atoms in total. The van der Waals surface area contributed by atoms with E-state index in [-0.39, 0.29) is 11.6 Å². The van der Waals surface area contributed by atoms with E-state index >= 15 is 0 Å². The molecule has 0 saturated carbocycles. The maximum absolute atomic E-state index is 13.7. The topological polar surface area (TPSA) is 33.6 Å². The summed E-state index contributed by atoms with van der Waals surface area (Å²) in [5.74, 6) is -0.0940. The van der Waals surface area contributed by atoms with Gasteiger partial charge in [-0.15, -0.1) is 0 Å². The minimum absolute atomic E-state index is 0.257. The highest BCUT2D eigenvalue weighted by atomic mass is 79.9. The van der Waals surface area contributed by atoms with Gasteiger partial charge in [0.25, 0.3) is 0 Å². The Morgan fingerprint density at radius 3 is 2.96 bits per heavy atom. The fraction of sp³-hybridized carbons (Fsp3) is 0.167. The van der Waals surface area contributed by atoms with Gasteiger partial charge in [-0.3, -0.25) is 4.99 Å². The molecule has 0 amide bonds. The summed E-state index contributed by atoms with van der Waals surface area (Å²) in [6, 6.07) is 11.1. The van der Waals surface area contributed by atoms with Crippen molar-refractivity contribution in [2.75, 3.05) is 13.7 Å². The molecule has 0 fully saturated rings. The third-order valence-electron chi connectivity index (χ3n) is 3.65. The van der Waals surface area contributed by atoms with Crippen LogP contribution in [0, 0.1) is 5.82 Å². The van der Waals surface area contributed by atoms with Crippen LogP contribution < -0.4 is 10.1 Å². The zero-order valence-corrected chi connectivity index (χ0v) is 14.2. The average molecular weight is 375 g/mol. The van der Waals surface area contributed by atoms with Gasteiger partial charge >= 0.3 is 0 Å². The average Bonchev–Trinajstić information content (AvgIpc) is 2.55. The monoisotopic (exact) mass is 374 g/mol. The standard InChI is InChI=1S/C18H16BrFN2O/c1-23-18-5-2-12(6-17(18)20)8-21-10-14-11-22-9-13-3-4-15(19)7-16(13)14/h2-7,9-10,21H,8,11H2,1H3/b14-10+. The Morgan fingerprint density at radius 1 is 1.30 bits per heavy atom. The quantitative estimate of drug-likeness (QED) is 0.871. The summed E-state index contributed by atoms with van der Waals surface area (Å²) in [7, 11) is 1.46. The molecule has 2 aromatic carbocycles. The highest BCUT2D eigenvalue weighted by Crippen LogP contribution is 2.25. The van der Waals surface area contributed by atoms with E-state index in [2.05, 4.69) is 32.3 Å². The first-order valence-corrected chi connectivity index (χ1v) is 8.01. The normalized spacial score (nSPS) is 14.7. The highest BCUT2D eigenvalue weighted by Gasteiger charge is 2.11. The lowest BCUT2D eigenvalue weighted by Crippen LogP contribution is -2.10. The number of benzene rings is 2. The van der Waals surface area contributed by atoms with Gasteiger partial charge in [0.15, 0.2) is 11.6 Å². The molecule has 1 heterocycles. The van der Waals surface area contributed by atoms with E-state index in [0.717, 1.165) is 26.7 Å². The molecule has 1 aliphatic heterocycles. The highest BCUT2D eigenvalue weighted by molar-refractivity contribution is 9.10. The van der Waals surface area contributed by atoms with Crippen LogP contribution >= 0.6 is 15.9 Å². The molecule has 2 aromatic rings. The number of methoxy groups -OCH3 is 1. The van der Waals surface area contributed by atoms with E-state index in [0.29, 0.717) is 13.1 Å². The summed E-state index contributed by atoms with van der Waals surface area (Å²) in [6.45, 7) is 1.17. The molecular weight excluding hydrogens is 359 g/mol. The second kappa shape index (κ2) is 6.96. The van der Waals surface area contributed by atoms with Crippen LogP contribution in [-0.4, -0.2) is 19.9 Å². The first-order valence-electron chi connectivity index (χ1n) is 7.22. The summed E-state index contributed by atoms with van der Waals surface area (Å²) in [4.78, 5) is 4.37. The largest absolute Gasteiger partial charge is 0.494 e. The molecule has 23 heavy (non-hydrogen) atoms. The molecule has 1 aliphatic rings. The van der Waals surface area contributed by atoms with Crippen molar-refractivity contribution in [1.29, 1.82) is 0 Å². The van der Waals surface area contributed by atoms with Crippen LogP contribution in [0.15, 0.2) is 52.1 Å². The van der Waals surface area contributed by atoms with Gasteiger partial charge in [0, 0.05) is 23.4 Å². The Kier molecular flexibility index (Phi) is 4.76. The van der Waals surface area contributed by atoms with Gasteiger partial charge in [0.05, 0.1) is 13.7 Å². The summed E-state index contributed by atoms with van der Waals surface area (Å²) in [6.07, 6.45) is 3.84. The number of ether oxygens (including phenoxy) is 1. The summed E-state index contributed by atoms with van der Waals surface area (Å²) < 4.78 is 19.6. The molecule has 5 heteroatoms. The van der Waals surface area contributed by atoms with Crippen LogP contribution in [0.2, 0.25) is 0 Å². The van der Waals surface area contributed by atoms with Crippen LogP contribution in [-0.2, 0) is 6.54 Å². The zero-order valence-electron chi connectivity index (χ0n) is 12.6. The summed E-state index contributed by atoms with van der Waals surface area (Å²) >= 11 is 3.50. The zero-order chi connectivity index (χ0) is 16.2. The van der Waals surface area contributed by atoms with Crippen molar-refractivity contribution in [3.05, 3.63) is 69.6 Å². The van der Waals surface area contributed by atoms with E-state index < -0.39 is 0 Å². The minimum atomic E-state index is -0.351. The molecule has 118 valence electrons. The van der Waals surface area contributed by atoms with E-state index in [1.807, 2.05) is 30.6 Å². The molecule has 0 radical (unpaired) electrons. The van der Waals surface area contributed by atoms with Gasteiger partial charge in [-0.2, -0.15) is 0 Å². The fourth-order valence-electron chi connectivity index (χ4n) is 2.48. The van der Waals surface area contributed by atoms with Crippen molar-refractivity contribution in [3.63, 3.8) is 0 Å². The van der Waals surface area contributed by atoms with E-state index in [9.17, 15) is 4.39 Å². The van der Waals surface area contributed by atoms with Crippen molar-refractivity contribution in [3.8, 4) is 5.75 Å². The van der Waals surface area contributed by atoms with Crippen LogP contribution in [0.3, 0.4) is 0 Å². The van der Waals surface area contributed by atoms with Crippen molar-refractivity contribution >= 4 is 27.7 Å². The Labute approximate surface area is 143 Å². The first kappa shape index (κ1) is 15.7. The molecule has 1 N–H and O–H groups in total. The predicted octanol–water partition coefficient (Wildman–Crippen LogP) is 4.16. The number of hydrogen-bond donors (Lipinski definition) is 1. The van der Waals surface area contributed by atoms with Crippen LogP contribution in [0.1, 0.15) is 16.7 Å². The molecule has 0 unspecified atom stereocenters. The number of halogens is 2. The van der Waals surface area contributed by atoms with Crippen LogP contribution in [0.5, 0.6) is 5.75 Å². The molecule has 0 bridgehead atoms. The van der Waals surface area contributed by atoms with Crippen LogP contribution in [0.4, 0.5) is 4.39 Å². The second-order valence-electron chi connectivity index (χ2n) is 5.22. The van der Waals surface area contributed by atoms with Crippen LogP contribution in [0.25, 0.3) is 5.57 Å². The predicted molar refractivity (Wildman–Crippen MR) is 94.4 cm³/mol. The maximum Gasteiger partial charge on any atom is 0.165 e. The molecular formula is C18H16BrFN2O. The van der Waals surface area contributed by atoms with E-state index in [4.69, 9.17) is 4.74 Å². The maximum atomic E-state index is 13.7. The van der Waals surface area contributed by atoms with Gasteiger partial charge in [0.1, 0.15) is 0 Å². The third-order valence-corrected chi connectivity index (χ3v) is 4.15. The second-order valence-corrected chi connectivity index (χ2v) is 6.14. The smallest absolute Gasteiger partial charge is 0.165 e. The van der Waals surface area contributed by atoms with Gasteiger partial charge in [-0.25, -0.2) is 4.39 Å². The first-order chi connectivity index (χ1) is 11.2. The third kappa shape index (κ3) is 3.62. The molecule has 0 saturated heterocycles. The van der Waals surface area contributed by atoms with E-state index in [1.54, 1.807) is 6.07 Å². The molecule has 0 atom stereocenters. The molecule has 0 spiro atoms. The number of fused-ring (bicyclic) bond motifs is 1. The number of nitrogens with zero attached hydrogens (tertiary/aromatic N) is 1. The Bertz CT molecular complexity index is 787. The summed E-state index contributed by atoms with van der Waals surface area (Å²) in [5, 5.41) is 3.24. The van der Waals surface area contributed by atoms with Crippen molar-refractivity contribution in [2.45, 2.75) is 6.54 Å². The van der Waals surface area contributed by atoms with Gasteiger partial charge < -0.3 is 10.1 Å². The van der Waals surface area contributed by atoms with Crippen molar-refractivity contribution < 1.29 is 9.13 Å². The number of aliphatic imine (C=N–C) groups is 1. The minimum Gasteiger partial charge on any atom is -0.494 e. The fourth-order valence-corrected chi connectivity index (χ4v) is 2.84. The lowest BCUT2D eigenvalue weighted by Gasteiger charge is -2.15. The number of hydrogen-bond acceptors (Lipinski definition) is 3. The lowest BCUT2D eigenvalue weighted by atomic mass is 9.99. The Morgan fingerprint density at radius 2 is 2.17 bits per heavy atom. The molecule has 3 rings (SSSR count). The van der Waals surface area contributed by atoms with E-state index in [1.165, 1.54) is 13.2 Å². The number of rotatable bonds is 4. The van der Waals surface area contributed by atoms with Gasteiger partial charge in [-0.05, 0) is 46.5 Å². The molecule has 0 aliphatic carbocycles. The van der Waals surface area contributed by atoms with Gasteiger partial charge in [0.2, 0.25) is 0 Å². The van der Waals surface area contributed by atoms with Crippen molar-refractivity contribution in [1.82, 2.24) is 5.32 Å². The lowest BCUT2D eigenvalue weighted by molar-refractivity contribution is 0.386. The van der Waals surface area contributed by atoms with Gasteiger partial charge in [-0.1, -0.05) is 28.1 Å².